The van der Waals surface area contributed by atoms with Crippen molar-refractivity contribution in [3.8, 4) is 5.75 Å². The number of hydrogen-bond acceptors (Lipinski definition) is 2. The topological polar surface area (TPSA) is 23.5 Å². The highest BCUT2D eigenvalue weighted by molar-refractivity contribution is 7.49. The average molecular weight is 329 g/mol. The summed E-state index contributed by atoms with van der Waals surface area (Å²) in [4.78, 5) is 2.18. The second-order valence-electron chi connectivity index (χ2n) is 6.70. The summed E-state index contributed by atoms with van der Waals surface area (Å²) in [6.45, 7) is 8.57. The Labute approximate surface area is 142 Å². The summed E-state index contributed by atoms with van der Waals surface area (Å²) in [5.41, 5.74) is 4.56. The molecule has 0 saturated carbocycles. The molecule has 0 aliphatic heterocycles. The molecule has 0 amide bonds. The monoisotopic (exact) mass is 329 g/mol. The zero-order chi connectivity index (χ0) is 17.2. The van der Waals surface area contributed by atoms with Crippen molar-refractivity contribution < 1.29 is 5.11 Å². The molecule has 0 fully saturated rings. The van der Waals surface area contributed by atoms with Gasteiger partial charge in [0.15, 0.2) is 0 Å². The lowest BCUT2D eigenvalue weighted by Gasteiger charge is -2.32. The summed E-state index contributed by atoms with van der Waals surface area (Å²) >= 11 is 0. The minimum absolute atomic E-state index is 0.0594. The first-order valence-corrected chi connectivity index (χ1v) is 9.13. The minimum atomic E-state index is -0.0594. The average Bonchev–Trinajstić information content (AvgIpc) is 2.51. The Bertz CT molecular complexity index is 696. The van der Waals surface area contributed by atoms with Crippen LogP contribution in [0.5, 0.6) is 5.75 Å². The molecular weight excluding hydrogens is 301 g/mol. The van der Waals surface area contributed by atoms with Gasteiger partial charge >= 0.3 is 0 Å². The number of phenolic OH excluding ortho intramolecular Hbond substituents is 1. The number of nitrogens with zero attached hydrogens (tertiary/aromatic N) is 1. The van der Waals surface area contributed by atoms with Gasteiger partial charge in [0, 0.05) is 30.5 Å². The van der Waals surface area contributed by atoms with E-state index in [4.69, 9.17) is 0 Å². The number of benzene rings is 2. The molecule has 0 aliphatic rings. The summed E-state index contributed by atoms with van der Waals surface area (Å²) in [5, 5.41) is 11.9. The van der Waals surface area contributed by atoms with E-state index in [9.17, 15) is 5.11 Å². The number of rotatable bonds is 5. The van der Waals surface area contributed by atoms with Gasteiger partial charge in [-0.1, -0.05) is 52.8 Å². The quantitative estimate of drug-likeness (QED) is 0.804. The van der Waals surface area contributed by atoms with E-state index in [0.29, 0.717) is 14.3 Å². The van der Waals surface area contributed by atoms with E-state index >= 15 is 0 Å². The molecule has 0 aromatic heterocycles. The van der Waals surface area contributed by atoms with Gasteiger partial charge in [0.2, 0.25) is 0 Å². The Hall–Kier alpha value is -1.53. The molecule has 0 radical (unpaired) electrons. The molecule has 0 saturated heterocycles. The van der Waals surface area contributed by atoms with Crippen molar-refractivity contribution in [2.75, 3.05) is 19.0 Å². The van der Waals surface area contributed by atoms with Gasteiger partial charge in [-0.05, 0) is 42.8 Å². The van der Waals surface area contributed by atoms with Gasteiger partial charge in [0.1, 0.15) is 5.75 Å². The first kappa shape index (κ1) is 17.8. The maximum Gasteiger partial charge on any atom is 0.122 e. The van der Waals surface area contributed by atoms with Gasteiger partial charge in [-0.2, -0.15) is 0 Å². The second-order valence-corrected chi connectivity index (χ2v) is 8.59. The normalized spacial score (nSPS) is 14.2. The fraction of sp³-hybridized carbons (Fsp3) is 0.400. The smallest absolute Gasteiger partial charge is 0.122 e. The molecule has 0 bridgehead atoms. The molecule has 2 aromatic carbocycles. The Morgan fingerprint density at radius 1 is 1.13 bits per heavy atom. The number of para-hydroxylation sites is 1. The highest BCUT2D eigenvalue weighted by atomic mass is 31.1. The van der Waals surface area contributed by atoms with Crippen LogP contribution in [0.1, 0.15) is 37.0 Å². The van der Waals surface area contributed by atoms with Crippen molar-refractivity contribution in [3.05, 3.63) is 53.1 Å². The van der Waals surface area contributed by atoms with Gasteiger partial charge in [0.25, 0.3) is 0 Å². The molecule has 2 aromatic rings. The molecule has 23 heavy (non-hydrogen) atoms. The third kappa shape index (κ3) is 3.70. The van der Waals surface area contributed by atoms with Gasteiger partial charge in [-0.3, -0.25) is 0 Å². The fourth-order valence-electron chi connectivity index (χ4n) is 2.86. The molecule has 1 N–H and O–H groups in total. The highest BCUT2D eigenvalue weighted by Crippen LogP contribution is 2.48. The molecule has 2 unspecified atom stereocenters. The highest BCUT2D eigenvalue weighted by Gasteiger charge is 2.29. The summed E-state index contributed by atoms with van der Waals surface area (Å²) in [7, 11) is 4.79. The van der Waals surface area contributed by atoms with Crippen LogP contribution in [0.25, 0.3) is 0 Å². The Morgan fingerprint density at radius 2 is 1.83 bits per heavy atom. The molecule has 0 spiro atoms. The van der Waals surface area contributed by atoms with E-state index < -0.39 is 0 Å². The van der Waals surface area contributed by atoms with Crippen LogP contribution in [0.2, 0.25) is 0 Å². The van der Waals surface area contributed by atoms with Gasteiger partial charge in [-0.15, -0.1) is 0 Å². The maximum atomic E-state index is 10.6. The molecule has 0 heterocycles. The number of anilines is 1. The van der Waals surface area contributed by atoms with Crippen molar-refractivity contribution in [3.63, 3.8) is 0 Å². The van der Waals surface area contributed by atoms with Crippen LogP contribution in [0, 0.1) is 13.8 Å². The predicted octanol–water partition coefficient (Wildman–Crippen LogP) is 4.70. The van der Waals surface area contributed by atoms with Gasteiger partial charge in [-0.25, -0.2) is 0 Å². The summed E-state index contributed by atoms with van der Waals surface area (Å²) < 4.78 is 0. The van der Waals surface area contributed by atoms with Crippen molar-refractivity contribution in [1.29, 1.82) is 0 Å². The number of aryl methyl sites for hydroxylation is 2. The van der Waals surface area contributed by atoms with Crippen LogP contribution < -0.4 is 10.2 Å². The zero-order valence-corrected chi connectivity index (χ0v) is 16.1. The maximum absolute atomic E-state index is 10.6. The van der Waals surface area contributed by atoms with Crippen LogP contribution in [-0.2, 0) is 5.16 Å². The number of aromatic hydroxyl groups is 1. The van der Waals surface area contributed by atoms with E-state index in [-0.39, 0.29) is 5.16 Å². The second kappa shape index (κ2) is 6.93. The molecule has 2 atom stereocenters. The van der Waals surface area contributed by atoms with Gasteiger partial charge in [0.05, 0.1) is 0 Å². The Kier molecular flexibility index (Phi) is 5.37. The first-order valence-electron chi connectivity index (χ1n) is 8.13. The van der Waals surface area contributed by atoms with Crippen LogP contribution in [0.15, 0.2) is 36.4 Å². The third-order valence-electron chi connectivity index (χ3n) is 4.58. The minimum Gasteiger partial charge on any atom is -0.507 e. The summed E-state index contributed by atoms with van der Waals surface area (Å²) in [6.07, 6.45) is 0.989. The van der Waals surface area contributed by atoms with E-state index in [0.717, 1.165) is 17.5 Å². The standard InChI is InChI=1S/C20H28NOP/c1-7-20(4,16-10-8-9-15(3)19(16)22)23-18-12-11-14(2)13-17(18)21(5)6/h8-13,22-23H,7H2,1-6H3. The Balaban J connectivity index is 2.49. The SMILES string of the molecule is CCC(C)(Pc1ccc(C)cc1N(C)C)c1cccc(C)c1O. The van der Waals surface area contributed by atoms with Crippen molar-refractivity contribution >= 4 is 19.6 Å². The third-order valence-corrected chi connectivity index (χ3v) is 6.45. The Morgan fingerprint density at radius 3 is 2.43 bits per heavy atom. The molecule has 2 rings (SSSR count). The summed E-state index contributed by atoms with van der Waals surface area (Å²) in [6, 6.07) is 12.8. The number of phenols is 1. The lowest BCUT2D eigenvalue weighted by Crippen LogP contribution is -2.23. The molecule has 3 heteroatoms. The van der Waals surface area contributed by atoms with Crippen molar-refractivity contribution in [2.45, 2.75) is 39.3 Å². The lowest BCUT2D eigenvalue weighted by atomic mass is 9.94. The van der Waals surface area contributed by atoms with E-state index in [1.807, 2.05) is 19.1 Å². The fourth-order valence-corrected chi connectivity index (χ4v) is 4.56. The molecule has 124 valence electrons. The van der Waals surface area contributed by atoms with E-state index in [2.05, 4.69) is 64.0 Å². The van der Waals surface area contributed by atoms with Crippen LogP contribution in [0.4, 0.5) is 5.69 Å². The first-order chi connectivity index (χ1) is 10.8. The predicted molar refractivity (Wildman–Crippen MR) is 104 cm³/mol. The lowest BCUT2D eigenvalue weighted by molar-refractivity contribution is 0.452. The van der Waals surface area contributed by atoms with Gasteiger partial charge < -0.3 is 10.0 Å². The largest absolute Gasteiger partial charge is 0.507 e. The van der Waals surface area contributed by atoms with Crippen LogP contribution >= 0.6 is 8.58 Å². The van der Waals surface area contributed by atoms with Crippen LogP contribution in [0.3, 0.4) is 0 Å². The molecule has 2 nitrogen and oxygen atoms in total. The van der Waals surface area contributed by atoms with Crippen molar-refractivity contribution in [2.24, 2.45) is 0 Å². The number of hydrogen-bond donors (Lipinski definition) is 1. The van der Waals surface area contributed by atoms with E-state index in [1.54, 1.807) is 0 Å². The van der Waals surface area contributed by atoms with E-state index in [1.165, 1.54) is 16.6 Å². The van der Waals surface area contributed by atoms with Crippen molar-refractivity contribution in [1.82, 2.24) is 0 Å². The summed E-state index contributed by atoms with van der Waals surface area (Å²) in [5.74, 6) is 0.447. The zero-order valence-electron chi connectivity index (χ0n) is 15.1. The molecular formula is C20H28NOP. The van der Waals surface area contributed by atoms with Crippen LogP contribution in [-0.4, -0.2) is 19.2 Å². The molecule has 0 aliphatic carbocycles.